The molecular formula is CHO3Pd-. The Morgan fingerprint density at radius 1 is 2.20 bits per heavy atom. The van der Waals surface area contributed by atoms with Gasteiger partial charge in [-0.3, -0.25) is 0 Å². The van der Waals surface area contributed by atoms with Gasteiger partial charge in [-0.05, 0) is 6.47 Å². The van der Waals surface area contributed by atoms with Gasteiger partial charge in [-0.2, -0.15) is 0 Å². The SMILES string of the molecule is [3H]OO[C-]=O.[Pd]. The van der Waals surface area contributed by atoms with Gasteiger partial charge in [0.05, 0.1) is 0 Å². The molecule has 0 bridgehead atoms. The van der Waals surface area contributed by atoms with E-state index in [2.05, 4.69) is 10.1 Å². The summed E-state index contributed by atoms with van der Waals surface area (Å²) in [7, 11) is 0. The van der Waals surface area contributed by atoms with Crippen LogP contribution in [0.3, 0.4) is 0 Å². The van der Waals surface area contributed by atoms with E-state index >= 15 is 0 Å². The van der Waals surface area contributed by atoms with Crippen LogP contribution in [0.2, 0.25) is 0 Å². The molecule has 0 aromatic heterocycles. The van der Waals surface area contributed by atoms with Crippen molar-refractivity contribution in [1.82, 2.24) is 0 Å². The Kier molecular flexibility index (Phi) is 9.10. The van der Waals surface area contributed by atoms with Crippen molar-refractivity contribution in [3.05, 3.63) is 0 Å². The smallest absolute Gasteiger partial charge is 0.265 e. The van der Waals surface area contributed by atoms with E-state index in [0.717, 1.165) is 6.47 Å². The molecule has 1 N–H and O–H groups in total. The summed E-state index contributed by atoms with van der Waals surface area (Å²) < 4.78 is 5.62. The number of carbonyl (C=O) groups excluding carboxylic acids is 1. The van der Waals surface area contributed by atoms with Crippen LogP contribution >= 0.6 is 0 Å². The first-order valence-electron chi connectivity index (χ1n) is 0.983. The van der Waals surface area contributed by atoms with Gasteiger partial charge in [0.1, 0.15) is 0 Å². The molecule has 4 heteroatoms. The van der Waals surface area contributed by atoms with Gasteiger partial charge in [0.15, 0.2) is 0 Å². The molecule has 0 fully saturated rings. The van der Waals surface area contributed by atoms with E-state index < -0.39 is 0 Å². The molecule has 0 spiro atoms. The average Bonchev–Trinajstić information content (AvgIpc) is 1.41. The zero-order valence-corrected chi connectivity index (χ0v) is 3.60. The van der Waals surface area contributed by atoms with Crippen molar-refractivity contribution in [3.8, 4) is 0 Å². The van der Waals surface area contributed by atoms with Gasteiger partial charge in [-0.1, -0.05) is 0 Å². The van der Waals surface area contributed by atoms with Crippen LogP contribution in [-0.4, -0.2) is 11.7 Å². The minimum atomic E-state index is 0. The van der Waals surface area contributed by atoms with Crippen LogP contribution < -0.4 is 0 Å². The summed E-state index contributed by atoms with van der Waals surface area (Å²) in [5.41, 5.74) is 0. The van der Waals surface area contributed by atoms with Crippen LogP contribution in [0.5, 0.6) is 0 Å². The molecule has 0 unspecified atom stereocenters. The molecule has 0 atom stereocenters. The second-order valence-electron chi connectivity index (χ2n) is 0.167. The van der Waals surface area contributed by atoms with Crippen molar-refractivity contribution in [2.24, 2.45) is 0 Å². The third-order valence-electron chi connectivity index (χ3n) is 0.0340. The van der Waals surface area contributed by atoms with Gasteiger partial charge in [0, 0.05) is 20.4 Å². The van der Waals surface area contributed by atoms with Crippen LogP contribution in [0.4, 0.5) is 0 Å². The van der Waals surface area contributed by atoms with Gasteiger partial charge in [-0.25, -0.2) is 5.26 Å². The van der Waals surface area contributed by atoms with Crippen molar-refractivity contribution in [3.63, 3.8) is 0 Å². The van der Waals surface area contributed by atoms with E-state index in [1.807, 2.05) is 0 Å². The van der Waals surface area contributed by atoms with Gasteiger partial charge in [-0.15, -0.1) is 0 Å². The minimum Gasteiger partial charge on any atom is -0.509 e. The molecule has 3 nitrogen and oxygen atoms in total. The Morgan fingerprint density at radius 2 is 2.80 bits per heavy atom. The van der Waals surface area contributed by atoms with Crippen LogP contribution in [0.25, 0.3) is 1.43 Å². The molecule has 0 aromatic rings. The Balaban J connectivity index is 0. The van der Waals surface area contributed by atoms with E-state index in [4.69, 9.17) is 6.23 Å². The molecule has 0 aromatic carbocycles. The molecule has 34 valence electrons. The predicted octanol–water partition coefficient (Wildman–Crippen LogP) is -0.459. The van der Waals surface area contributed by atoms with Gasteiger partial charge in [0.25, 0.3) is 1.43 Å². The maximum atomic E-state index is 8.81. The average molecular weight is 169 g/mol. The fourth-order valence-corrected chi connectivity index (χ4v) is 0. The second kappa shape index (κ2) is 8.94. The van der Waals surface area contributed by atoms with E-state index in [-0.39, 0.29) is 20.4 Å². The standard InChI is InChI=1S/CHO3.Pd/c2-1-4-3;/h3H;/q-1;/i/hT. The monoisotopic (exact) mass is 169 g/mol. The normalized spacial score (nSPS) is 6.80. The quantitative estimate of drug-likeness (QED) is 0.263. The number of hydrogen-bond acceptors (Lipinski definition) is 3. The molecule has 0 aliphatic carbocycles. The van der Waals surface area contributed by atoms with Gasteiger partial charge >= 0.3 is 0 Å². The van der Waals surface area contributed by atoms with E-state index in [0.29, 0.717) is 0 Å². The summed E-state index contributed by atoms with van der Waals surface area (Å²) in [5.74, 6) is 0. The van der Waals surface area contributed by atoms with Crippen molar-refractivity contribution in [2.75, 3.05) is 0 Å². The summed E-state index contributed by atoms with van der Waals surface area (Å²) in [6, 6.07) is 0. The Labute approximate surface area is 44.0 Å². The molecule has 0 saturated carbocycles. The Hall–Kier alpha value is 0.0923. The molecule has 0 radical (unpaired) electrons. The maximum Gasteiger partial charge on any atom is 0.265 e. The topological polar surface area (TPSA) is 46.5 Å². The third-order valence-corrected chi connectivity index (χ3v) is 0.0340. The Morgan fingerprint density at radius 3 is 2.80 bits per heavy atom. The zero-order valence-electron chi connectivity index (χ0n) is 3.04. The van der Waals surface area contributed by atoms with Crippen LogP contribution in [0, 0.1) is 0 Å². The van der Waals surface area contributed by atoms with E-state index in [9.17, 15) is 0 Å². The minimum absolute atomic E-state index is 0. The fourth-order valence-electron chi connectivity index (χ4n) is 0. The third kappa shape index (κ3) is 15.0. The molecule has 0 rings (SSSR count). The van der Waals surface area contributed by atoms with Gasteiger partial charge < -0.3 is 9.68 Å². The number of rotatable bonds is 2. The van der Waals surface area contributed by atoms with Crippen LogP contribution in [0.15, 0.2) is 0 Å². The van der Waals surface area contributed by atoms with Crippen molar-refractivity contribution < 1.29 is 35.4 Å². The summed E-state index contributed by atoms with van der Waals surface area (Å²) in [4.78, 5) is 12.0. The first-order valence-corrected chi connectivity index (χ1v) is 0.575. The molecule has 0 heterocycles. The van der Waals surface area contributed by atoms with Crippen molar-refractivity contribution >= 4 is 6.47 Å². The maximum absolute atomic E-state index is 8.81. The predicted molar refractivity (Wildman–Crippen MR) is 9.41 cm³/mol. The molecule has 0 aliphatic rings. The summed E-state index contributed by atoms with van der Waals surface area (Å²) in [5, 5.41) is 3.02. The second-order valence-corrected chi connectivity index (χ2v) is 0.167. The van der Waals surface area contributed by atoms with Crippen LogP contribution in [0.1, 0.15) is 0 Å². The summed E-state index contributed by atoms with van der Waals surface area (Å²) in [6.07, 6.45) is 0. The van der Waals surface area contributed by atoms with Crippen molar-refractivity contribution in [2.45, 2.75) is 0 Å². The zero-order chi connectivity index (χ0) is 4.12. The summed E-state index contributed by atoms with van der Waals surface area (Å²) >= 11 is 0. The molecule has 0 aliphatic heterocycles. The van der Waals surface area contributed by atoms with E-state index in [1.54, 1.807) is 0 Å². The summed E-state index contributed by atoms with van der Waals surface area (Å²) in [6.45, 7) is 0.858. The number of hydrogen-bond donors (Lipinski definition) is 1. The first-order chi connectivity index (χ1) is 2.41. The van der Waals surface area contributed by atoms with E-state index in [1.165, 1.54) is 0 Å². The molecule has 0 saturated heterocycles. The van der Waals surface area contributed by atoms with Crippen molar-refractivity contribution in [1.29, 1.82) is 1.43 Å². The van der Waals surface area contributed by atoms with Gasteiger partial charge in [0.2, 0.25) is 0 Å². The van der Waals surface area contributed by atoms with Crippen LogP contribution in [-0.2, 0) is 30.1 Å². The first kappa shape index (κ1) is 5.09. The fraction of sp³-hybridized carbons (Fsp3) is 0. The molecule has 0 amide bonds. The molecular weight excluding hydrogens is 166 g/mol. The Bertz CT molecular complexity index is 32.0. The molecule has 5 heavy (non-hydrogen) atoms. The largest absolute Gasteiger partial charge is 0.509 e.